The molecule has 0 saturated carbocycles. The monoisotopic (exact) mass is 253 g/mol. The van der Waals surface area contributed by atoms with Gasteiger partial charge in [0.25, 0.3) is 0 Å². The lowest BCUT2D eigenvalue weighted by molar-refractivity contribution is -0.139. The number of nitrogens with zero attached hydrogens (tertiary/aromatic N) is 4. The Hall–Kier alpha value is -1.47. The minimum absolute atomic E-state index is 0.463. The molecule has 0 aliphatic carbocycles. The quantitative estimate of drug-likeness (QED) is 0.714. The van der Waals surface area contributed by atoms with E-state index >= 15 is 0 Å². The number of hydrogen-bond donors (Lipinski definition) is 2. The number of hydrogen-bond acceptors (Lipinski definition) is 5. The summed E-state index contributed by atoms with van der Waals surface area (Å²) >= 11 is 0. The van der Waals surface area contributed by atoms with Gasteiger partial charge in [-0.2, -0.15) is 0 Å². The van der Waals surface area contributed by atoms with Gasteiger partial charge < -0.3 is 15.0 Å². The molecule has 1 atom stereocenters. The predicted octanol–water partition coefficient (Wildman–Crippen LogP) is -0.453. The van der Waals surface area contributed by atoms with Gasteiger partial charge in [0.05, 0.1) is 6.54 Å². The van der Waals surface area contributed by atoms with Crippen LogP contribution < -0.4 is 5.32 Å². The van der Waals surface area contributed by atoms with Crippen LogP contribution in [0.3, 0.4) is 0 Å². The van der Waals surface area contributed by atoms with E-state index in [0.717, 1.165) is 32.0 Å². The molecular weight excluding hydrogens is 234 g/mol. The van der Waals surface area contributed by atoms with Crippen LogP contribution in [0.5, 0.6) is 0 Å². The van der Waals surface area contributed by atoms with Gasteiger partial charge in [0.2, 0.25) is 0 Å². The van der Waals surface area contributed by atoms with Crippen LogP contribution in [0.1, 0.15) is 19.2 Å². The molecule has 2 heterocycles. The van der Waals surface area contributed by atoms with Gasteiger partial charge in [-0.15, -0.1) is 10.2 Å². The molecule has 1 unspecified atom stereocenters. The lowest BCUT2D eigenvalue weighted by Crippen LogP contribution is -2.41. The molecule has 18 heavy (non-hydrogen) atoms. The summed E-state index contributed by atoms with van der Waals surface area (Å²) in [5, 5.41) is 19.9. The Kier molecular flexibility index (Phi) is 4.27. The molecule has 0 aromatic carbocycles. The largest absolute Gasteiger partial charge is 0.480 e. The van der Waals surface area contributed by atoms with Crippen molar-refractivity contribution in [3.63, 3.8) is 0 Å². The lowest BCUT2D eigenvalue weighted by atomic mass is 10.2. The number of aliphatic carboxylic acids is 1. The molecule has 1 aromatic heterocycles. The van der Waals surface area contributed by atoms with E-state index in [1.807, 2.05) is 11.5 Å². The minimum Gasteiger partial charge on any atom is -0.480 e. The number of carbonyl (C=O) groups is 1. The normalized spacial score (nSPS) is 17.4. The van der Waals surface area contributed by atoms with E-state index in [9.17, 15) is 4.79 Å². The second kappa shape index (κ2) is 5.92. The van der Waals surface area contributed by atoms with E-state index in [4.69, 9.17) is 5.11 Å². The zero-order chi connectivity index (χ0) is 13.0. The topological polar surface area (TPSA) is 83.3 Å². The fourth-order valence-electron chi connectivity index (χ4n) is 2.18. The smallest absolute Gasteiger partial charge is 0.320 e. The van der Waals surface area contributed by atoms with Crippen molar-refractivity contribution in [2.45, 2.75) is 32.5 Å². The Morgan fingerprint density at radius 2 is 2.44 bits per heavy atom. The highest BCUT2D eigenvalue weighted by atomic mass is 16.4. The third-order valence-corrected chi connectivity index (χ3v) is 3.20. The van der Waals surface area contributed by atoms with Gasteiger partial charge in [-0.3, -0.25) is 9.69 Å². The number of rotatable bonds is 6. The highest BCUT2D eigenvalue weighted by Gasteiger charge is 2.21. The van der Waals surface area contributed by atoms with Crippen LogP contribution in [-0.4, -0.2) is 56.4 Å². The molecule has 7 nitrogen and oxygen atoms in total. The summed E-state index contributed by atoms with van der Waals surface area (Å²) in [6.07, 6.45) is 2.35. The summed E-state index contributed by atoms with van der Waals surface area (Å²) in [5.41, 5.74) is 0. The summed E-state index contributed by atoms with van der Waals surface area (Å²) in [6.45, 7) is 5.89. The van der Waals surface area contributed by atoms with E-state index in [0.29, 0.717) is 13.0 Å². The SMILES string of the molecule is CCNC(CCN1CCn2cnnc2C1)C(=O)O. The summed E-state index contributed by atoms with van der Waals surface area (Å²) in [6, 6.07) is -0.463. The van der Waals surface area contributed by atoms with Crippen LogP contribution in [0, 0.1) is 0 Å². The van der Waals surface area contributed by atoms with Crippen molar-refractivity contribution in [1.29, 1.82) is 0 Å². The molecule has 2 N–H and O–H groups in total. The maximum Gasteiger partial charge on any atom is 0.320 e. The number of aromatic nitrogens is 3. The van der Waals surface area contributed by atoms with E-state index < -0.39 is 12.0 Å². The third kappa shape index (κ3) is 3.05. The van der Waals surface area contributed by atoms with Crippen molar-refractivity contribution in [2.75, 3.05) is 19.6 Å². The molecule has 0 amide bonds. The van der Waals surface area contributed by atoms with Crippen molar-refractivity contribution in [2.24, 2.45) is 0 Å². The highest BCUT2D eigenvalue weighted by molar-refractivity contribution is 5.73. The Morgan fingerprint density at radius 1 is 1.61 bits per heavy atom. The number of likely N-dealkylation sites (N-methyl/N-ethyl adjacent to an activating group) is 1. The van der Waals surface area contributed by atoms with Crippen LogP contribution in [0.2, 0.25) is 0 Å². The number of carboxylic acid groups (broad SMARTS) is 1. The molecule has 100 valence electrons. The Bertz CT molecular complexity index is 406. The summed E-state index contributed by atoms with van der Waals surface area (Å²) in [4.78, 5) is 13.2. The molecule has 1 aliphatic rings. The van der Waals surface area contributed by atoms with Gasteiger partial charge in [-0.1, -0.05) is 6.92 Å². The first kappa shape index (κ1) is 13.0. The van der Waals surface area contributed by atoms with Crippen LogP contribution in [0.15, 0.2) is 6.33 Å². The number of fused-ring (bicyclic) bond motifs is 1. The summed E-state index contributed by atoms with van der Waals surface area (Å²) < 4.78 is 2.04. The van der Waals surface area contributed by atoms with Gasteiger partial charge in [0.15, 0.2) is 0 Å². The van der Waals surface area contributed by atoms with E-state index in [-0.39, 0.29) is 0 Å². The predicted molar refractivity (Wildman–Crippen MR) is 65.0 cm³/mol. The van der Waals surface area contributed by atoms with E-state index in [1.54, 1.807) is 6.33 Å². The van der Waals surface area contributed by atoms with Crippen LogP contribution in [0.25, 0.3) is 0 Å². The standard InChI is InChI=1S/C11H19N5O2/c1-2-12-9(11(17)18)3-4-15-5-6-16-8-13-14-10(16)7-15/h8-9,12H,2-7H2,1H3,(H,17,18). The molecule has 1 aromatic rings. The molecule has 7 heteroatoms. The molecule has 0 radical (unpaired) electrons. The van der Waals surface area contributed by atoms with Gasteiger partial charge >= 0.3 is 5.97 Å². The Balaban J connectivity index is 1.82. The lowest BCUT2D eigenvalue weighted by Gasteiger charge is -2.27. The first-order chi connectivity index (χ1) is 8.70. The van der Waals surface area contributed by atoms with Gasteiger partial charge in [0, 0.05) is 19.6 Å². The average molecular weight is 253 g/mol. The van der Waals surface area contributed by atoms with Crippen LogP contribution in [0.4, 0.5) is 0 Å². The number of carboxylic acids is 1. The Labute approximate surface area is 106 Å². The second-order valence-corrected chi connectivity index (χ2v) is 4.45. The maximum atomic E-state index is 11.0. The van der Waals surface area contributed by atoms with Crippen LogP contribution in [-0.2, 0) is 17.9 Å². The highest BCUT2D eigenvalue weighted by Crippen LogP contribution is 2.09. The van der Waals surface area contributed by atoms with Crippen LogP contribution >= 0.6 is 0 Å². The van der Waals surface area contributed by atoms with Gasteiger partial charge in [0.1, 0.15) is 18.2 Å². The maximum absolute atomic E-state index is 11.0. The number of nitrogens with one attached hydrogen (secondary N) is 1. The van der Waals surface area contributed by atoms with Crippen molar-refractivity contribution < 1.29 is 9.90 Å². The second-order valence-electron chi connectivity index (χ2n) is 4.45. The first-order valence-electron chi connectivity index (χ1n) is 6.26. The molecule has 0 spiro atoms. The Morgan fingerprint density at radius 3 is 3.17 bits per heavy atom. The first-order valence-corrected chi connectivity index (χ1v) is 6.26. The van der Waals surface area contributed by atoms with Crippen molar-refractivity contribution in [3.8, 4) is 0 Å². The van der Waals surface area contributed by atoms with Gasteiger partial charge in [-0.05, 0) is 13.0 Å². The molecule has 2 rings (SSSR count). The minimum atomic E-state index is -0.781. The van der Waals surface area contributed by atoms with Crippen molar-refractivity contribution in [1.82, 2.24) is 25.0 Å². The molecule has 0 saturated heterocycles. The fourth-order valence-corrected chi connectivity index (χ4v) is 2.18. The van der Waals surface area contributed by atoms with Gasteiger partial charge in [-0.25, -0.2) is 0 Å². The molecule has 0 fully saturated rings. The molecule has 0 bridgehead atoms. The fraction of sp³-hybridized carbons (Fsp3) is 0.727. The van der Waals surface area contributed by atoms with Crippen molar-refractivity contribution in [3.05, 3.63) is 12.2 Å². The van der Waals surface area contributed by atoms with Crippen molar-refractivity contribution >= 4 is 5.97 Å². The summed E-state index contributed by atoms with van der Waals surface area (Å²) in [7, 11) is 0. The zero-order valence-corrected chi connectivity index (χ0v) is 10.5. The zero-order valence-electron chi connectivity index (χ0n) is 10.5. The molecular formula is C11H19N5O2. The van der Waals surface area contributed by atoms with E-state index in [1.165, 1.54) is 0 Å². The third-order valence-electron chi connectivity index (χ3n) is 3.20. The van der Waals surface area contributed by atoms with E-state index in [2.05, 4.69) is 20.4 Å². The summed E-state index contributed by atoms with van der Waals surface area (Å²) in [5.74, 6) is 0.175. The average Bonchev–Trinajstić information content (AvgIpc) is 2.81. The molecule has 1 aliphatic heterocycles.